The Hall–Kier alpha value is -1.60. The lowest BCUT2D eigenvalue weighted by Gasteiger charge is -2.42. The van der Waals surface area contributed by atoms with E-state index < -0.39 is 0 Å². The van der Waals surface area contributed by atoms with Gasteiger partial charge in [0.1, 0.15) is 0 Å². The smallest absolute Gasteiger partial charge is 0.0354 e. The Labute approximate surface area is 128 Å². The van der Waals surface area contributed by atoms with Crippen LogP contribution in [0.4, 0.5) is 0 Å². The van der Waals surface area contributed by atoms with Crippen LogP contribution < -0.4 is 0 Å². The van der Waals surface area contributed by atoms with Crippen LogP contribution >= 0.6 is 0 Å². The maximum absolute atomic E-state index is 2.66. The summed E-state index contributed by atoms with van der Waals surface area (Å²) in [4.78, 5) is 2.66. The predicted octanol–water partition coefficient (Wildman–Crippen LogP) is 4.91. The fourth-order valence-corrected chi connectivity index (χ4v) is 3.43. The summed E-state index contributed by atoms with van der Waals surface area (Å²) in [5.41, 5.74) is 2.88. The molecule has 110 valence electrons. The second kappa shape index (κ2) is 6.44. The minimum absolute atomic E-state index is 0.553. The minimum atomic E-state index is 0.553. The van der Waals surface area contributed by atoms with Crippen LogP contribution in [0.1, 0.15) is 37.4 Å². The maximum Gasteiger partial charge on any atom is 0.0354 e. The molecule has 0 spiro atoms. The quantitative estimate of drug-likeness (QED) is 0.772. The van der Waals surface area contributed by atoms with E-state index in [4.69, 9.17) is 0 Å². The largest absolute Gasteiger partial charge is 0.292 e. The molecule has 0 amide bonds. The van der Waals surface area contributed by atoms with Crippen molar-refractivity contribution in [2.45, 2.75) is 32.9 Å². The number of rotatable bonds is 3. The third-order valence-electron chi connectivity index (χ3n) is 4.94. The molecule has 1 nitrogen and oxygen atoms in total. The highest BCUT2D eigenvalue weighted by Crippen LogP contribution is 2.37. The second-order valence-corrected chi connectivity index (χ2v) is 6.53. The molecule has 1 unspecified atom stereocenters. The Bertz CT molecular complexity index is 549. The van der Waals surface area contributed by atoms with Gasteiger partial charge < -0.3 is 0 Å². The Morgan fingerprint density at radius 1 is 0.857 bits per heavy atom. The van der Waals surface area contributed by atoms with Gasteiger partial charge in [0.2, 0.25) is 0 Å². The van der Waals surface area contributed by atoms with E-state index >= 15 is 0 Å². The Balaban J connectivity index is 1.83. The fourth-order valence-electron chi connectivity index (χ4n) is 3.43. The van der Waals surface area contributed by atoms with Gasteiger partial charge in [-0.1, -0.05) is 74.5 Å². The molecule has 2 aromatic rings. The molecule has 21 heavy (non-hydrogen) atoms. The van der Waals surface area contributed by atoms with Gasteiger partial charge in [-0.05, 0) is 29.4 Å². The highest BCUT2D eigenvalue weighted by atomic mass is 15.2. The van der Waals surface area contributed by atoms with Crippen molar-refractivity contribution >= 4 is 0 Å². The first-order valence-corrected chi connectivity index (χ1v) is 8.07. The third kappa shape index (κ3) is 3.36. The molecule has 0 aromatic heterocycles. The summed E-state index contributed by atoms with van der Waals surface area (Å²) in [6.07, 6.45) is 1.26. The number of hydrogen-bond donors (Lipinski definition) is 0. The standard InChI is InChI=1S/C20H25N/c1-16-13-20(19-11-7-4-8-12-19)21(14-17(16)2)15-18-9-5-3-6-10-18/h3-12,16-17,20H,13-15H2,1-2H3/t16?,17-,20-/m0/s1. The molecule has 0 bridgehead atoms. The highest BCUT2D eigenvalue weighted by Gasteiger charge is 2.31. The van der Waals surface area contributed by atoms with E-state index in [-0.39, 0.29) is 0 Å². The summed E-state index contributed by atoms with van der Waals surface area (Å²) in [5.74, 6) is 1.57. The lowest BCUT2D eigenvalue weighted by molar-refractivity contribution is 0.0691. The number of nitrogens with zero attached hydrogens (tertiary/aromatic N) is 1. The number of benzene rings is 2. The molecular formula is C20H25N. The van der Waals surface area contributed by atoms with Gasteiger partial charge in [-0.2, -0.15) is 0 Å². The molecule has 0 radical (unpaired) electrons. The Morgan fingerprint density at radius 3 is 2.14 bits per heavy atom. The molecule has 0 N–H and O–H groups in total. The van der Waals surface area contributed by atoms with Gasteiger partial charge in [-0.15, -0.1) is 0 Å². The summed E-state index contributed by atoms with van der Waals surface area (Å²) in [5, 5.41) is 0. The SMILES string of the molecule is CC1C[C@@H](c2ccccc2)N(Cc2ccccc2)C[C@@H]1C. The molecule has 1 saturated heterocycles. The Kier molecular flexibility index (Phi) is 4.40. The topological polar surface area (TPSA) is 3.24 Å². The van der Waals surface area contributed by atoms with Gasteiger partial charge in [-0.3, -0.25) is 4.90 Å². The van der Waals surface area contributed by atoms with Crippen LogP contribution in [0, 0.1) is 11.8 Å². The first kappa shape index (κ1) is 14.3. The van der Waals surface area contributed by atoms with Gasteiger partial charge in [0.15, 0.2) is 0 Å². The molecule has 1 heterocycles. The fraction of sp³-hybridized carbons (Fsp3) is 0.400. The normalized spacial score (nSPS) is 26.7. The summed E-state index contributed by atoms with van der Waals surface area (Å²) in [6.45, 7) is 7.04. The highest BCUT2D eigenvalue weighted by molar-refractivity contribution is 5.21. The van der Waals surface area contributed by atoms with E-state index in [9.17, 15) is 0 Å². The second-order valence-electron chi connectivity index (χ2n) is 6.53. The van der Waals surface area contributed by atoms with E-state index in [0.717, 1.165) is 18.4 Å². The van der Waals surface area contributed by atoms with Crippen LogP contribution in [-0.4, -0.2) is 11.4 Å². The molecule has 1 fully saturated rings. The zero-order valence-electron chi connectivity index (χ0n) is 13.1. The lowest BCUT2D eigenvalue weighted by atomic mass is 9.81. The molecular weight excluding hydrogens is 254 g/mol. The first-order valence-electron chi connectivity index (χ1n) is 8.07. The van der Waals surface area contributed by atoms with Gasteiger partial charge in [-0.25, -0.2) is 0 Å². The van der Waals surface area contributed by atoms with Crippen LogP contribution in [0.3, 0.4) is 0 Å². The maximum atomic E-state index is 2.66. The number of hydrogen-bond acceptors (Lipinski definition) is 1. The van der Waals surface area contributed by atoms with Crippen molar-refractivity contribution in [3.8, 4) is 0 Å². The van der Waals surface area contributed by atoms with Gasteiger partial charge in [0.25, 0.3) is 0 Å². The molecule has 1 aliphatic rings. The molecule has 1 aliphatic heterocycles. The van der Waals surface area contributed by atoms with Crippen LogP contribution in [0.2, 0.25) is 0 Å². The van der Waals surface area contributed by atoms with Crippen molar-refractivity contribution in [3.63, 3.8) is 0 Å². The van der Waals surface area contributed by atoms with Gasteiger partial charge in [0, 0.05) is 19.1 Å². The Morgan fingerprint density at radius 2 is 1.48 bits per heavy atom. The van der Waals surface area contributed by atoms with Crippen molar-refractivity contribution in [1.82, 2.24) is 4.90 Å². The number of likely N-dealkylation sites (tertiary alicyclic amines) is 1. The molecule has 1 heteroatoms. The summed E-state index contributed by atoms with van der Waals surface area (Å²) >= 11 is 0. The summed E-state index contributed by atoms with van der Waals surface area (Å²) in [7, 11) is 0. The minimum Gasteiger partial charge on any atom is -0.292 e. The molecule has 0 aliphatic carbocycles. The lowest BCUT2D eigenvalue weighted by Crippen LogP contribution is -2.40. The zero-order chi connectivity index (χ0) is 14.7. The van der Waals surface area contributed by atoms with Crippen molar-refractivity contribution in [2.24, 2.45) is 11.8 Å². The average molecular weight is 279 g/mol. The number of piperidine rings is 1. The van der Waals surface area contributed by atoms with E-state index in [1.807, 2.05) is 0 Å². The van der Waals surface area contributed by atoms with Crippen LogP contribution in [0.25, 0.3) is 0 Å². The molecule has 0 saturated carbocycles. The van der Waals surface area contributed by atoms with Crippen molar-refractivity contribution < 1.29 is 0 Å². The summed E-state index contributed by atoms with van der Waals surface area (Å²) < 4.78 is 0. The van der Waals surface area contributed by atoms with Crippen molar-refractivity contribution in [1.29, 1.82) is 0 Å². The average Bonchev–Trinajstić information content (AvgIpc) is 2.52. The van der Waals surface area contributed by atoms with Crippen molar-refractivity contribution in [3.05, 3.63) is 71.8 Å². The zero-order valence-corrected chi connectivity index (χ0v) is 13.1. The van der Waals surface area contributed by atoms with E-state index in [1.165, 1.54) is 24.1 Å². The van der Waals surface area contributed by atoms with Gasteiger partial charge >= 0.3 is 0 Å². The molecule has 3 rings (SSSR count). The van der Waals surface area contributed by atoms with Crippen molar-refractivity contribution in [2.75, 3.05) is 6.54 Å². The monoisotopic (exact) mass is 279 g/mol. The van der Waals surface area contributed by atoms with Crippen LogP contribution in [0.15, 0.2) is 60.7 Å². The first-order chi connectivity index (χ1) is 10.2. The van der Waals surface area contributed by atoms with Gasteiger partial charge in [0.05, 0.1) is 0 Å². The predicted molar refractivity (Wildman–Crippen MR) is 89.0 cm³/mol. The van der Waals surface area contributed by atoms with E-state index in [0.29, 0.717) is 6.04 Å². The summed E-state index contributed by atoms with van der Waals surface area (Å²) in [6, 6.07) is 22.4. The van der Waals surface area contributed by atoms with E-state index in [1.54, 1.807) is 0 Å². The van der Waals surface area contributed by atoms with E-state index in [2.05, 4.69) is 79.4 Å². The molecule has 3 atom stereocenters. The van der Waals surface area contributed by atoms with Crippen LogP contribution in [0.5, 0.6) is 0 Å². The third-order valence-corrected chi connectivity index (χ3v) is 4.94. The van der Waals surface area contributed by atoms with Crippen LogP contribution in [-0.2, 0) is 6.54 Å². The molecule has 2 aromatic carbocycles.